The number of carbonyl (C=O) groups excluding carboxylic acids is 2. The molecule has 0 rings (SSSR count). The first-order valence-corrected chi connectivity index (χ1v) is 28.1. The molecule has 394 valence electrons. The summed E-state index contributed by atoms with van der Waals surface area (Å²) in [5, 5.41) is 0. The maximum Gasteiger partial charge on any atom is 0.472 e. The quantitative estimate of drug-likeness (QED) is 0.0211. The third-order valence-corrected chi connectivity index (χ3v) is 11.3. The first kappa shape index (κ1) is 65.9. The summed E-state index contributed by atoms with van der Waals surface area (Å²) in [6, 6.07) is 0. The normalized spacial score (nSPS) is 14.5. The zero-order valence-corrected chi connectivity index (χ0v) is 45.3. The van der Waals surface area contributed by atoms with Crippen LogP contribution in [0.15, 0.2) is 146 Å². The molecule has 0 heterocycles. The van der Waals surface area contributed by atoms with E-state index in [0.29, 0.717) is 23.9 Å². The van der Waals surface area contributed by atoms with Gasteiger partial charge >= 0.3 is 19.8 Å². The van der Waals surface area contributed by atoms with Crippen LogP contribution in [-0.4, -0.2) is 74.9 Å². The third-order valence-electron chi connectivity index (χ3n) is 10.4. The Balaban J connectivity index is 4.40. The number of nitrogens with zero attached hydrogens (tertiary/aromatic N) is 1. The van der Waals surface area contributed by atoms with E-state index < -0.39 is 32.5 Å². The monoisotopic (exact) mass is 991 g/mol. The Morgan fingerprint density at radius 2 is 0.771 bits per heavy atom. The van der Waals surface area contributed by atoms with E-state index in [2.05, 4.69) is 160 Å². The fourth-order valence-electron chi connectivity index (χ4n) is 6.31. The van der Waals surface area contributed by atoms with Gasteiger partial charge in [0.25, 0.3) is 0 Å². The predicted molar refractivity (Wildman–Crippen MR) is 297 cm³/mol. The van der Waals surface area contributed by atoms with E-state index in [0.717, 1.165) is 128 Å². The van der Waals surface area contributed by atoms with Crippen LogP contribution in [0.2, 0.25) is 0 Å². The first-order chi connectivity index (χ1) is 34.0. The van der Waals surface area contributed by atoms with Crippen molar-refractivity contribution < 1.29 is 42.1 Å². The van der Waals surface area contributed by atoms with Gasteiger partial charge in [0.15, 0.2) is 6.10 Å². The number of unbranched alkanes of at least 4 members (excludes halogenated alkanes) is 8. The third kappa shape index (κ3) is 53.2. The minimum Gasteiger partial charge on any atom is -0.462 e. The van der Waals surface area contributed by atoms with Gasteiger partial charge in [0, 0.05) is 12.8 Å². The number of esters is 2. The Kier molecular flexibility index (Phi) is 46.9. The van der Waals surface area contributed by atoms with Crippen LogP contribution in [0.1, 0.15) is 168 Å². The molecule has 0 aliphatic carbocycles. The summed E-state index contributed by atoms with van der Waals surface area (Å²) in [6.07, 6.45) is 73.3. The van der Waals surface area contributed by atoms with Crippen LogP contribution in [-0.2, 0) is 32.7 Å². The molecule has 0 aliphatic heterocycles. The number of likely N-dealkylation sites (N-methyl/N-ethyl adjacent to an activating group) is 1. The minimum atomic E-state index is -4.41. The second-order valence-corrected chi connectivity index (χ2v) is 19.6. The highest BCUT2D eigenvalue weighted by Gasteiger charge is 2.27. The molecule has 2 atom stereocenters. The number of quaternary nitrogens is 1. The van der Waals surface area contributed by atoms with Gasteiger partial charge in [0.05, 0.1) is 27.7 Å². The van der Waals surface area contributed by atoms with Crippen molar-refractivity contribution in [1.82, 2.24) is 0 Å². The van der Waals surface area contributed by atoms with Crippen molar-refractivity contribution >= 4 is 19.8 Å². The van der Waals surface area contributed by atoms with Crippen molar-refractivity contribution in [3.63, 3.8) is 0 Å². The summed E-state index contributed by atoms with van der Waals surface area (Å²) in [4.78, 5) is 35.6. The number of ether oxygens (including phenoxy) is 2. The van der Waals surface area contributed by atoms with Gasteiger partial charge in [0.1, 0.15) is 19.8 Å². The Labute approximate surface area is 427 Å². The standard InChI is InChI=1S/C60H96NO8P/c1-6-8-10-12-14-16-18-20-22-24-26-28-29-30-31-33-35-37-39-41-43-45-47-49-51-53-60(63)69-58(57-68-70(64,65)67-55-54-61(3,4)5)56-66-59(62)52-50-48-46-44-42-40-38-36-34-32-27-25-23-21-19-17-15-13-11-9-7-2/h8-11,14-17,20-23,26-28,30-32,35-38,41,43,58H,6-7,12-13,18-19,24-25,29,33-34,39-40,42,44-57H2,1-5H3/p+1/b10-8-,11-9-,16-14-,17-15-,22-20-,23-21-,28-26-,31-30-,32-27-,37-35-,38-36-,43-41-. The number of phosphoric acid groups is 1. The molecule has 10 heteroatoms. The molecule has 1 N–H and O–H groups in total. The molecule has 70 heavy (non-hydrogen) atoms. The maximum atomic E-state index is 12.8. The lowest BCUT2D eigenvalue weighted by Crippen LogP contribution is -2.37. The Morgan fingerprint density at radius 1 is 0.443 bits per heavy atom. The SMILES string of the molecule is CC/C=C\C/C=C\C/C=C\C/C=C\C/C=C\C/C=C\C/C=C\CCCCCC(=O)OC(COC(=O)CCCCCCC/C=C\C/C=C\C/C=C\C/C=C\C/C=C\CC)COP(=O)(O)OCC[N+](C)(C)C. The van der Waals surface area contributed by atoms with Gasteiger partial charge in [-0.2, -0.15) is 0 Å². The van der Waals surface area contributed by atoms with Crippen LogP contribution in [0.5, 0.6) is 0 Å². The zero-order chi connectivity index (χ0) is 51.3. The van der Waals surface area contributed by atoms with Gasteiger partial charge in [-0.1, -0.05) is 185 Å². The Bertz CT molecular complexity index is 1690. The van der Waals surface area contributed by atoms with E-state index in [9.17, 15) is 19.0 Å². The second-order valence-electron chi connectivity index (χ2n) is 18.1. The highest BCUT2D eigenvalue weighted by atomic mass is 31.2. The van der Waals surface area contributed by atoms with Crippen molar-refractivity contribution in [1.29, 1.82) is 0 Å². The molecule has 0 radical (unpaired) electrons. The molecular weight excluding hydrogens is 894 g/mol. The van der Waals surface area contributed by atoms with Crippen LogP contribution >= 0.6 is 7.82 Å². The number of phosphoric ester groups is 1. The van der Waals surface area contributed by atoms with Crippen LogP contribution in [0, 0.1) is 0 Å². The molecule has 0 fully saturated rings. The Hall–Kier alpha value is -4.11. The zero-order valence-electron chi connectivity index (χ0n) is 44.4. The van der Waals surface area contributed by atoms with Gasteiger partial charge in [-0.25, -0.2) is 4.57 Å². The molecule has 0 bridgehead atoms. The molecular formula is C60H97NO8P+. The maximum absolute atomic E-state index is 12.8. The van der Waals surface area contributed by atoms with Crippen molar-refractivity contribution in [3.05, 3.63) is 146 Å². The largest absolute Gasteiger partial charge is 0.472 e. The number of rotatable bonds is 46. The van der Waals surface area contributed by atoms with Crippen LogP contribution in [0.25, 0.3) is 0 Å². The fourth-order valence-corrected chi connectivity index (χ4v) is 7.05. The topological polar surface area (TPSA) is 108 Å². The average Bonchev–Trinajstić information content (AvgIpc) is 3.32. The number of hydrogen-bond acceptors (Lipinski definition) is 7. The highest BCUT2D eigenvalue weighted by molar-refractivity contribution is 7.47. The molecule has 9 nitrogen and oxygen atoms in total. The van der Waals surface area contributed by atoms with Gasteiger partial charge < -0.3 is 18.9 Å². The molecule has 0 aliphatic rings. The number of hydrogen-bond donors (Lipinski definition) is 1. The summed E-state index contributed by atoms with van der Waals surface area (Å²) in [5.74, 6) is -0.874. The summed E-state index contributed by atoms with van der Waals surface area (Å²) in [6.45, 7) is 4.10. The first-order valence-electron chi connectivity index (χ1n) is 26.6. The van der Waals surface area contributed by atoms with E-state index in [1.807, 2.05) is 21.1 Å². The van der Waals surface area contributed by atoms with Crippen molar-refractivity contribution in [2.45, 2.75) is 174 Å². The molecule has 0 aromatic carbocycles. The highest BCUT2D eigenvalue weighted by Crippen LogP contribution is 2.43. The average molecular weight is 991 g/mol. The number of carbonyl (C=O) groups is 2. The second kappa shape index (κ2) is 49.9. The summed E-state index contributed by atoms with van der Waals surface area (Å²) >= 11 is 0. The molecule has 0 saturated carbocycles. The van der Waals surface area contributed by atoms with E-state index in [1.54, 1.807) is 0 Å². The van der Waals surface area contributed by atoms with Gasteiger partial charge in [-0.05, 0) is 116 Å². The molecule has 0 saturated heterocycles. The van der Waals surface area contributed by atoms with Gasteiger partial charge in [0.2, 0.25) is 0 Å². The summed E-state index contributed by atoms with van der Waals surface area (Å²) < 4.78 is 34.4. The smallest absolute Gasteiger partial charge is 0.462 e. The molecule has 0 aromatic heterocycles. The van der Waals surface area contributed by atoms with Gasteiger partial charge in [-0.15, -0.1) is 0 Å². The molecule has 0 spiro atoms. The lowest BCUT2D eigenvalue weighted by Gasteiger charge is -2.24. The molecule has 0 amide bonds. The lowest BCUT2D eigenvalue weighted by molar-refractivity contribution is -0.870. The Morgan fingerprint density at radius 3 is 1.16 bits per heavy atom. The van der Waals surface area contributed by atoms with Gasteiger partial charge in [-0.3, -0.25) is 18.6 Å². The van der Waals surface area contributed by atoms with E-state index in [-0.39, 0.29) is 26.1 Å². The van der Waals surface area contributed by atoms with E-state index in [1.165, 1.54) is 0 Å². The van der Waals surface area contributed by atoms with Crippen LogP contribution in [0.4, 0.5) is 0 Å². The summed E-state index contributed by atoms with van der Waals surface area (Å²) in [7, 11) is 1.41. The minimum absolute atomic E-state index is 0.0117. The fraction of sp³-hybridized carbons (Fsp3) is 0.567. The predicted octanol–water partition coefficient (Wildman–Crippen LogP) is 16.4. The summed E-state index contributed by atoms with van der Waals surface area (Å²) in [5.41, 5.74) is 0. The van der Waals surface area contributed by atoms with E-state index in [4.69, 9.17) is 18.5 Å². The van der Waals surface area contributed by atoms with Crippen LogP contribution < -0.4 is 0 Å². The van der Waals surface area contributed by atoms with Crippen molar-refractivity contribution in [2.75, 3.05) is 47.5 Å². The lowest BCUT2D eigenvalue weighted by atomic mass is 10.1. The molecule has 0 aromatic rings. The van der Waals surface area contributed by atoms with Crippen molar-refractivity contribution in [3.8, 4) is 0 Å². The van der Waals surface area contributed by atoms with E-state index >= 15 is 0 Å². The number of allylic oxidation sites excluding steroid dienone is 24. The van der Waals surface area contributed by atoms with Crippen molar-refractivity contribution in [2.24, 2.45) is 0 Å². The molecule has 2 unspecified atom stereocenters. The van der Waals surface area contributed by atoms with Crippen LogP contribution in [0.3, 0.4) is 0 Å².